The first-order valence-corrected chi connectivity index (χ1v) is 6.18. The lowest BCUT2D eigenvalue weighted by Crippen LogP contribution is -2.74. The molecule has 16 heteroatoms. The number of alkyl halides is 15. The minimum atomic E-state index is -8.61. The van der Waals surface area contributed by atoms with Crippen LogP contribution in [0.2, 0.25) is 0 Å². The zero-order valence-corrected chi connectivity index (χ0v) is 10.4. The molecule has 22 heavy (non-hydrogen) atoms. The summed E-state index contributed by atoms with van der Waals surface area (Å²) in [7, 11) is -8.61. The third-order valence-electron chi connectivity index (χ3n) is 2.22. The van der Waals surface area contributed by atoms with Gasteiger partial charge in [0, 0.05) is 0 Å². The molecular weight excluding hydrogens is 385 g/mol. The van der Waals surface area contributed by atoms with E-state index in [-0.39, 0.29) is 0 Å². The number of rotatable bonds is 3. The number of hydrogen-bond donors (Lipinski definition) is 0. The van der Waals surface area contributed by atoms with E-state index in [9.17, 15) is 65.9 Å². The Balaban J connectivity index is 6.53. The quantitative estimate of drug-likeness (QED) is 0.498. The van der Waals surface area contributed by atoms with Crippen LogP contribution in [0.5, 0.6) is 0 Å². The van der Waals surface area contributed by atoms with Crippen LogP contribution >= 0.6 is 0 Å². The van der Waals surface area contributed by atoms with Gasteiger partial charge in [0.05, 0.1) is 0 Å². The van der Waals surface area contributed by atoms with Gasteiger partial charge in [-0.15, -0.1) is 0 Å². The molecule has 0 aromatic rings. The predicted octanol–water partition coefficient (Wildman–Crippen LogP) is 4.42. The van der Waals surface area contributed by atoms with Crippen LogP contribution in [-0.4, -0.2) is 44.0 Å². The Morgan fingerprint density at radius 2 is 0.455 bits per heavy atom. The Morgan fingerprint density at radius 1 is 0.318 bits per heavy atom. The highest BCUT2D eigenvalue weighted by Crippen LogP contribution is 2.55. The van der Waals surface area contributed by atoms with E-state index >= 15 is 0 Å². The molecule has 0 unspecified atom stereocenters. The second-order valence-corrected chi connectivity index (χ2v) is 6.84. The zero-order valence-electron chi connectivity index (χ0n) is 9.25. The molecule has 0 amide bonds. The van der Waals surface area contributed by atoms with Gasteiger partial charge in [0.15, 0.2) is 0 Å². The van der Waals surface area contributed by atoms with Gasteiger partial charge >= 0.3 is 44.0 Å². The van der Waals surface area contributed by atoms with Gasteiger partial charge in [-0.2, -0.15) is 39.5 Å². The molecule has 0 aliphatic rings. The molecule has 0 rings (SSSR count). The van der Waals surface area contributed by atoms with Crippen molar-refractivity contribution in [3.8, 4) is 0 Å². The highest BCUT2D eigenvalue weighted by Gasteiger charge is 2.88. The minimum Gasteiger partial charge on any atom is -0.201 e. The summed E-state index contributed by atoms with van der Waals surface area (Å²) in [6.07, 6.45) is -22.4. The maximum Gasteiger partial charge on any atom is 0.448 e. The highest BCUT2D eigenvalue weighted by atomic mass is 28.3. The molecule has 0 N–H and O–H groups in total. The van der Waals surface area contributed by atoms with Gasteiger partial charge in [-0.3, -0.25) is 0 Å². The first-order chi connectivity index (χ1) is 9.12. The fourth-order valence-electron chi connectivity index (χ4n) is 1.17. The lowest BCUT2D eigenvalue weighted by atomic mass is 10.6. The van der Waals surface area contributed by atoms with Crippen LogP contribution in [0.1, 0.15) is 0 Å². The minimum absolute atomic E-state index is 7.47. The van der Waals surface area contributed by atoms with E-state index in [0.717, 1.165) is 0 Å². The average Bonchev–Trinajstić information content (AvgIpc) is 2.09. The summed E-state index contributed by atoms with van der Waals surface area (Å²) < 4.78 is 182. The standard InChI is InChI=1S/C6HF15Si/c7-1(8,9)4(16,17)22(5(18,19)2(10,11)12)6(20,21)3(13,14)15/h22H. The SMILES string of the molecule is FC(F)(F)C(F)(F)[SiH](C(F)(F)C(F)(F)F)C(F)(F)C(F)(F)F. The summed E-state index contributed by atoms with van der Waals surface area (Å²) in [6, 6.07) is 0. The maximum absolute atomic E-state index is 12.6. The average molecular weight is 386 g/mol. The van der Waals surface area contributed by atoms with Crippen LogP contribution in [0.4, 0.5) is 65.9 Å². The van der Waals surface area contributed by atoms with Crippen molar-refractivity contribution in [1.82, 2.24) is 0 Å². The summed E-state index contributed by atoms with van der Waals surface area (Å²) in [5, 5.41) is 0. The molecular formula is C6HF15Si. The molecule has 0 atom stereocenters. The smallest absolute Gasteiger partial charge is 0.201 e. The molecule has 0 nitrogen and oxygen atoms in total. The van der Waals surface area contributed by atoms with Gasteiger partial charge in [0.1, 0.15) is 0 Å². The van der Waals surface area contributed by atoms with Crippen molar-refractivity contribution >= 4 is 8.80 Å². The predicted molar refractivity (Wildman–Crippen MR) is 40.2 cm³/mol. The van der Waals surface area contributed by atoms with Crippen molar-refractivity contribution in [1.29, 1.82) is 0 Å². The fourth-order valence-corrected chi connectivity index (χ4v) is 3.52. The van der Waals surface area contributed by atoms with Crippen molar-refractivity contribution in [3.05, 3.63) is 0 Å². The Morgan fingerprint density at radius 3 is 0.545 bits per heavy atom. The van der Waals surface area contributed by atoms with E-state index in [4.69, 9.17) is 0 Å². The van der Waals surface area contributed by atoms with E-state index in [1.807, 2.05) is 0 Å². The summed E-state index contributed by atoms with van der Waals surface area (Å²) in [6.45, 7) is 0. The van der Waals surface area contributed by atoms with Crippen molar-refractivity contribution < 1.29 is 65.9 Å². The van der Waals surface area contributed by atoms with Crippen molar-refractivity contribution in [2.24, 2.45) is 0 Å². The van der Waals surface area contributed by atoms with Crippen molar-refractivity contribution in [3.63, 3.8) is 0 Å². The molecule has 0 aliphatic carbocycles. The largest absolute Gasteiger partial charge is 0.448 e. The Hall–Kier alpha value is -0.833. The van der Waals surface area contributed by atoms with E-state index in [0.29, 0.717) is 0 Å². The molecule has 0 heterocycles. The summed E-state index contributed by atoms with van der Waals surface area (Å²) in [5.41, 5.74) is -22.7. The van der Waals surface area contributed by atoms with E-state index in [1.54, 1.807) is 0 Å². The Labute approximate surface area is 111 Å². The van der Waals surface area contributed by atoms with Gasteiger partial charge in [-0.25, -0.2) is 26.3 Å². The van der Waals surface area contributed by atoms with Gasteiger partial charge < -0.3 is 0 Å². The second-order valence-electron chi connectivity index (χ2n) is 3.80. The van der Waals surface area contributed by atoms with E-state index in [1.165, 1.54) is 0 Å². The van der Waals surface area contributed by atoms with Gasteiger partial charge in [-0.1, -0.05) is 0 Å². The summed E-state index contributed by atoms with van der Waals surface area (Å²) in [5.74, 6) is 0. The normalized spacial score (nSPS) is 16.4. The van der Waals surface area contributed by atoms with Crippen LogP contribution in [0.25, 0.3) is 0 Å². The van der Waals surface area contributed by atoms with Gasteiger partial charge in [0.2, 0.25) is 0 Å². The summed E-state index contributed by atoms with van der Waals surface area (Å²) >= 11 is 0. The van der Waals surface area contributed by atoms with E-state index in [2.05, 4.69) is 0 Å². The van der Waals surface area contributed by atoms with Crippen LogP contribution in [-0.2, 0) is 0 Å². The molecule has 0 spiro atoms. The number of halogens is 15. The van der Waals surface area contributed by atoms with Crippen molar-refractivity contribution in [2.75, 3.05) is 0 Å². The first kappa shape index (κ1) is 21.2. The molecule has 0 saturated carbocycles. The second kappa shape index (κ2) is 5.09. The zero-order chi connectivity index (χ0) is 18.6. The van der Waals surface area contributed by atoms with Crippen LogP contribution < -0.4 is 0 Å². The molecule has 0 bridgehead atoms. The molecule has 0 aromatic heterocycles. The van der Waals surface area contributed by atoms with Gasteiger partial charge in [-0.05, 0) is 0 Å². The Bertz CT molecular complexity index is 334. The lowest BCUT2D eigenvalue weighted by molar-refractivity contribution is -0.298. The first-order valence-electron chi connectivity index (χ1n) is 4.45. The molecule has 0 aliphatic heterocycles. The summed E-state index contributed by atoms with van der Waals surface area (Å²) in [4.78, 5) is 0. The highest BCUT2D eigenvalue weighted by molar-refractivity contribution is 6.67. The third kappa shape index (κ3) is 3.24. The van der Waals surface area contributed by atoms with Crippen LogP contribution in [0.15, 0.2) is 0 Å². The lowest BCUT2D eigenvalue weighted by Gasteiger charge is -2.38. The van der Waals surface area contributed by atoms with Crippen LogP contribution in [0.3, 0.4) is 0 Å². The van der Waals surface area contributed by atoms with E-state index < -0.39 is 44.0 Å². The molecule has 0 radical (unpaired) electrons. The molecule has 134 valence electrons. The third-order valence-corrected chi connectivity index (χ3v) is 5.38. The topological polar surface area (TPSA) is 0 Å². The molecule has 0 fully saturated rings. The number of hydrogen-bond acceptors (Lipinski definition) is 0. The fraction of sp³-hybridized carbons (Fsp3) is 1.00. The van der Waals surface area contributed by atoms with Crippen LogP contribution in [0, 0.1) is 0 Å². The van der Waals surface area contributed by atoms with Crippen molar-refractivity contribution in [2.45, 2.75) is 35.2 Å². The maximum atomic E-state index is 12.6. The monoisotopic (exact) mass is 386 g/mol. The molecule has 0 aromatic carbocycles. The van der Waals surface area contributed by atoms with Gasteiger partial charge in [0.25, 0.3) is 0 Å². The Kier molecular flexibility index (Phi) is 4.89. The molecule has 0 saturated heterocycles.